The van der Waals surface area contributed by atoms with Gasteiger partial charge in [0.2, 0.25) is 0 Å². The van der Waals surface area contributed by atoms with Crippen molar-refractivity contribution in [1.82, 2.24) is 23.3 Å². The van der Waals surface area contributed by atoms with Crippen LogP contribution in [0.1, 0.15) is 0 Å². The maximum atomic E-state index is 13.7. The summed E-state index contributed by atoms with van der Waals surface area (Å²) in [6.45, 7) is 0. The molecule has 9 rings (SSSR count). The summed E-state index contributed by atoms with van der Waals surface area (Å²) < 4.78 is 6.12. The third-order valence-corrected chi connectivity index (χ3v) is 7.82. The van der Waals surface area contributed by atoms with Crippen molar-refractivity contribution in [3.8, 4) is 5.69 Å². The van der Waals surface area contributed by atoms with E-state index in [1.165, 1.54) is 10.8 Å². The molecule has 0 bridgehead atoms. The van der Waals surface area contributed by atoms with Gasteiger partial charge in [-0.05, 0) is 54.6 Å². The molecule has 0 N–H and O–H groups in total. The molecule has 0 aliphatic heterocycles. The van der Waals surface area contributed by atoms with Gasteiger partial charge in [-0.2, -0.15) is 0 Å². The molecule has 0 radical (unpaired) electrons. The zero-order valence-corrected chi connectivity index (χ0v) is 20.6. The minimum Gasteiger partial charge on any atom is -0.309 e. The van der Waals surface area contributed by atoms with Crippen LogP contribution < -0.4 is 5.56 Å². The fraction of sp³-hybridized carbons (Fsp3) is 0. The first kappa shape index (κ1) is 20.6. The Morgan fingerprint density at radius 2 is 1.00 bits per heavy atom. The highest BCUT2D eigenvalue weighted by Crippen LogP contribution is 2.33. The minimum absolute atomic E-state index is 0.0904. The van der Waals surface area contributed by atoms with Crippen molar-refractivity contribution >= 4 is 66.1 Å². The van der Waals surface area contributed by atoms with Gasteiger partial charge in [0.25, 0.3) is 5.56 Å². The van der Waals surface area contributed by atoms with E-state index in [-0.39, 0.29) is 5.56 Å². The number of aromatic nitrogens is 5. The number of fused-ring (bicyclic) bond motifs is 12. The van der Waals surface area contributed by atoms with Crippen molar-refractivity contribution in [2.45, 2.75) is 0 Å². The van der Waals surface area contributed by atoms with E-state index in [1.54, 1.807) is 4.40 Å². The SMILES string of the molecule is O=c1c2ccccc2nc2c3nc4cc(-n5c6ccccc6c6ccccc65)ccc4n3c3ccccc3n12. The van der Waals surface area contributed by atoms with Gasteiger partial charge in [-0.15, -0.1) is 0 Å². The van der Waals surface area contributed by atoms with Crippen molar-refractivity contribution in [2.24, 2.45) is 0 Å². The molecule has 0 aliphatic rings. The Morgan fingerprint density at radius 3 is 1.72 bits per heavy atom. The maximum Gasteiger partial charge on any atom is 0.266 e. The molecule has 0 fully saturated rings. The summed E-state index contributed by atoms with van der Waals surface area (Å²) in [6.07, 6.45) is 0. The maximum absolute atomic E-state index is 13.7. The lowest BCUT2D eigenvalue weighted by Crippen LogP contribution is -2.17. The lowest BCUT2D eigenvalue weighted by atomic mass is 10.2. The summed E-state index contributed by atoms with van der Waals surface area (Å²) in [4.78, 5) is 23.7. The van der Waals surface area contributed by atoms with Crippen LogP contribution >= 0.6 is 0 Å². The van der Waals surface area contributed by atoms with Gasteiger partial charge in [-0.1, -0.05) is 60.7 Å². The molecule has 9 aromatic rings. The fourth-order valence-electron chi connectivity index (χ4n) is 6.15. The molecular formula is C33H19N5O. The fourth-order valence-corrected chi connectivity index (χ4v) is 6.15. The van der Waals surface area contributed by atoms with Crippen molar-refractivity contribution < 1.29 is 0 Å². The van der Waals surface area contributed by atoms with Crippen LogP contribution in [-0.4, -0.2) is 23.3 Å². The smallest absolute Gasteiger partial charge is 0.266 e. The van der Waals surface area contributed by atoms with E-state index in [1.807, 2.05) is 48.5 Å². The van der Waals surface area contributed by atoms with Gasteiger partial charge in [-0.3, -0.25) is 13.6 Å². The third-order valence-electron chi connectivity index (χ3n) is 7.82. The molecule has 4 heterocycles. The molecule has 0 spiro atoms. The second-order valence-corrected chi connectivity index (χ2v) is 9.90. The first-order valence-corrected chi connectivity index (χ1v) is 12.9. The number of hydrogen-bond acceptors (Lipinski definition) is 3. The van der Waals surface area contributed by atoms with Crippen molar-refractivity contribution in [3.05, 3.63) is 126 Å². The number of para-hydroxylation sites is 5. The van der Waals surface area contributed by atoms with E-state index in [0.29, 0.717) is 22.2 Å². The molecular weight excluding hydrogens is 482 g/mol. The monoisotopic (exact) mass is 501 g/mol. The molecule has 39 heavy (non-hydrogen) atoms. The summed E-state index contributed by atoms with van der Waals surface area (Å²) >= 11 is 0. The van der Waals surface area contributed by atoms with E-state index in [9.17, 15) is 4.79 Å². The topological polar surface area (TPSA) is 56.6 Å². The van der Waals surface area contributed by atoms with Crippen LogP contribution in [0.5, 0.6) is 0 Å². The summed E-state index contributed by atoms with van der Waals surface area (Å²) in [5, 5.41) is 3.03. The van der Waals surface area contributed by atoms with Gasteiger partial charge < -0.3 is 4.57 Å². The number of rotatable bonds is 1. The molecule has 0 amide bonds. The zero-order valence-electron chi connectivity index (χ0n) is 20.6. The highest BCUT2D eigenvalue weighted by atomic mass is 16.1. The quantitative estimate of drug-likeness (QED) is 0.182. The predicted octanol–water partition coefficient (Wildman–Crippen LogP) is 6.90. The highest BCUT2D eigenvalue weighted by molar-refractivity contribution is 6.09. The Morgan fingerprint density at radius 1 is 0.462 bits per heavy atom. The van der Waals surface area contributed by atoms with Gasteiger partial charge in [0, 0.05) is 16.5 Å². The summed E-state index contributed by atoms with van der Waals surface area (Å²) in [7, 11) is 0. The molecule has 0 saturated heterocycles. The van der Waals surface area contributed by atoms with Gasteiger partial charge in [-0.25, -0.2) is 9.97 Å². The molecule has 6 nitrogen and oxygen atoms in total. The van der Waals surface area contributed by atoms with Crippen molar-refractivity contribution in [2.75, 3.05) is 0 Å². The predicted molar refractivity (Wildman–Crippen MR) is 157 cm³/mol. The van der Waals surface area contributed by atoms with Crippen LogP contribution in [0.2, 0.25) is 0 Å². The molecule has 6 heteroatoms. The minimum atomic E-state index is -0.0904. The largest absolute Gasteiger partial charge is 0.309 e. The van der Waals surface area contributed by atoms with Crippen molar-refractivity contribution in [3.63, 3.8) is 0 Å². The van der Waals surface area contributed by atoms with E-state index in [0.717, 1.165) is 38.8 Å². The first-order valence-electron chi connectivity index (χ1n) is 12.9. The molecule has 4 aromatic heterocycles. The zero-order chi connectivity index (χ0) is 25.7. The Kier molecular flexibility index (Phi) is 3.85. The van der Waals surface area contributed by atoms with E-state index < -0.39 is 0 Å². The summed E-state index contributed by atoms with van der Waals surface area (Å²) in [6, 6.07) is 38.8. The van der Waals surface area contributed by atoms with E-state index in [4.69, 9.17) is 9.97 Å². The number of nitrogens with zero attached hydrogens (tertiary/aromatic N) is 5. The first-order chi connectivity index (χ1) is 19.3. The van der Waals surface area contributed by atoms with Crippen LogP contribution in [0.25, 0.3) is 71.8 Å². The van der Waals surface area contributed by atoms with Gasteiger partial charge in [0.15, 0.2) is 11.3 Å². The molecule has 0 saturated carbocycles. The molecule has 0 atom stereocenters. The Labute approximate surface area is 220 Å². The summed E-state index contributed by atoms with van der Waals surface area (Å²) in [5.41, 5.74) is 8.64. The van der Waals surface area contributed by atoms with Crippen molar-refractivity contribution in [1.29, 1.82) is 0 Å². The Hall–Kier alpha value is -5.49. The normalized spacial score (nSPS) is 12.2. The number of imidazole rings is 1. The summed E-state index contributed by atoms with van der Waals surface area (Å²) in [5.74, 6) is 0. The molecule has 182 valence electrons. The van der Waals surface area contributed by atoms with Gasteiger partial charge in [0.05, 0.1) is 44.0 Å². The van der Waals surface area contributed by atoms with Crippen LogP contribution in [0.15, 0.2) is 120 Å². The van der Waals surface area contributed by atoms with Crippen LogP contribution in [0.3, 0.4) is 0 Å². The van der Waals surface area contributed by atoms with Crippen LogP contribution in [-0.2, 0) is 0 Å². The Balaban J connectivity index is 1.44. The highest BCUT2D eigenvalue weighted by Gasteiger charge is 2.18. The van der Waals surface area contributed by atoms with Crippen LogP contribution in [0.4, 0.5) is 0 Å². The number of hydrogen-bond donors (Lipinski definition) is 0. The second kappa shape index (κ2) is 7.30. The second-order valence-electron chi connectivity index (χ2n) is 9.90. The molecule has 0 aliphatic carbocycles. The lowest BCUT2D eigenvalue weighted by molar-refractivity contribution is 1.10. The number of benzene rings is 5. The van der Waals surface area contributed by atoms with Crippen LogP contribution in [0, 0.1) is 0 Å². The third kappa shape index (κ3) is 2.62. The van der Waals surface area contributed by atoms with Gasteiger partial charge in [0.1, 0.15) is 0 Å². The average Bonchev–Trinajstić information content (AvgIpc) is 3.53. The standard InChI is InChI=1S/C33H19N5O/c39-33-23-11-1-4-12-24(23)34-32-31-35-25-19-20(17-18-28(25)37(31)29-15-7-8-16-30(29)38(32)33)36-26-13-5-2-9-21(26)22-10-3-6-14-27(22)36/h1-19H. The molecule has 0 unspecified atom stereocenters. The lowest BCUT2D eigenvalue weighted by Gasteiger charge is -2.11. The van der Waals surface area contributed by atoms with E-state index in [2.05, 4.69) is 75.7 Å². The average molecular weight is 502 g/mol. The van der Waals surface area contributed by atoms with E-state index >= 15 is 0 Å². The Bertz CT molecular complexity index is 2480. The van der Waals surface area contributed by atoms with Gasteiger partial charge >= 0.3 is 0 Å². The molecule has 5 aromatic carbocycles.